The first-order chi connectivity index (χ1) is 12.4. The number of amides is 1. The van der Waals surface area contributed by atoms with Crippen molar-refractivity contribution >= 4 is 5.91 Å². The summed E-state index contributed by atoms with van der Waals surface area (Å²) in [6, 6.07) is 8.41. The summed E-state index contributed by atoms with van der Waals surface area (Å²) in [5.41, 5.74) is 0.662. The van der Waals surface area contributed by atoms with Crippen molar-refractivity contribution in [1.29, 1.82) is 0 Å². The quantitative estimate of drug-likeness (QED) is 0.808. The van der Waals surface area contributed by atoms with E-state index in [1.807, 2.05) is 32.0 Å². The van der Waals surface area contributed by atoms with Gasteiger partial charge in [-0.1, -0.05) is 24.0 Å². The molecule has 2 N–H and O–H groups in total. The van der Waals surface area contributed by atoms with Gasteiger partial charge in [0.15, 0.2) is 11.5 Å². The van der Waals surface area contributed by atoms with Crippen molar-refractivity contribution < 1.29 is 14.3 Å². The summed E-state index contributed by atoms with van der Waals surface area (Å²) in [5.74, 6) is 6.68. The second-order valence-electron chi connectivity index (χ2n) is 6.41. The molecule has 1 aliphatic heterocycles. The van der Waals surface area contributed by atoms with Gasteiger partial charge in [-0.3, -0.25) is 9.59 Å². The number of carbonyl (C=O) groups is 1. The highest BCUT2D eigenvalue weighted by atomic mass is 16.5. The molecule has 0 fully saturated rings. The molecule has 2 aromatic rings. The molecule has 2 heterocycles. The van der Waals surface area contributed by atoms with E-state index in [1.165, 1.54) is 12.1 Å². The molecule has 0 spiro atoms. The van der Waals surface area contributed by atoms with Gasteiger partial charge in [-0.05, 0) is 26.0 Å². The first-order valence-corrected chi connectivity index (χ1v) is 8.18. The smallest absolute Gasteiger partial charge is 0.272 e. The molecule has 0 aliphatic carbocycles. The molecule has 7 heteroatoms. The average Bonchev–Trinajstić information content (AvgIpc) is 2.93. The summed E-state index contributed by atoms with van der Waals surface area (Å²) >= 11 is 0. The summed E-state index contributed by atoms with van der Waals surface area (Å²) < 4.78 is 11.6. The number of rotatable bonds is 4. The normalized spacial score (nSPS) is 13.8. The molecular formula is C19H19N3O4. The third-order valence-electron chi connectivity index (χ3n) is 3.73. The molecule has 0 saturated heterocycles. The lowest BCUT2D eigenvalue weighted by atomic mass is 10.0. The lowest BCUT2D eigenvalue weighted by molar-refractivity contribution is 0.0952. The van der Waals surface area contributed by atoms with Crippen molar-refractivity contribution in [3.05, 3.63) is 51.9 Å². The number of para-hydroxylation sites is 1. The Morgan fingerprint density at radius 3 is 2.96 bits per heavy atom. The first-order valence-electron chi connectivity index (χ1n) is 8.18. The highest BCUT2D eigenvalue weighted by Crippen LogP contribution is 2.41. The van der Waals surface area contributed by atoms with Crippen LogP contribution in [0.3, 0.4) is 0 Å². The van der Waals surface area contributed by atoms with Gasteiger partial charge in [-0.2, -0.15) is 5.10 Å². The second-order valence-corrected chi connectivity index (χ2v) is 6.41. The highest BCUT2D eigenvalue weighted by molar-refractivity contribution is 5.92. The summed E-state index contributed by atoms with van der Waals surface area (Å²) in [6.45, 7) is 4.42. The minimum absolute atomic E-state index is 0.127. The Morgan fingerprint density at radius 2 is 2.19 bits per heavy atom. The Labute approximate surface area is 150 Å². The van der Waals surface area contributed by atoms with Crippen LogP contribution in [0.2, 0.25) is 0 Å². The zero-order valence-corrected chi connectivity index (χ0v) is 14.6. The van der Waals surface area contributed by atoms with E-state index in [0.717, 1.165) is 17.7 Å². The fraction of sp³-hybridized carbons (Fsp3) is 0.316. The van der Waals surface area contributed by atoms with Crippen LogP contribution in [-0.4, -0.2) is 34.9 Å². The van der Waals surface area contributed by atoms with Gasteiger partial charge >= 0.3 is 0 Å². The lowest BCUT2D eigenvalue weighted by Gasteiger charge is -2.17. The highest BCUT2D eigenvalue weighted by Gasteiger charge is 2.32. The van der Waals surface area contributed by atoms with Crippen LogP contribution in [0.5, 0.6) is 11.5 Å². The van der Waals surface area contributed by atoms with Crippen LogP contribution in [0.1, 0.15) is 29.9 Å². The van der Waals surface area contributed by atoms with Crippen LogP contribution in [-0.2, 0) is 6.42 Å². The Morgan fingerprint density at radius 1 is 1.35 bits per heavy atom. The summed E-state index contributed by atoms with van der Waals surface area (Å²) in [4.78, 5) is 22.7. The second kappa shape index (κ2) is 7.31. The number of H-pyrrole nitrogens is 1. The maximum absolute atomic E-state index is 11.8. The monoisotopic (exact) mass is 353 g/mol. The molecule has 0 bridgehead atoms. The van der Waals surface area contributed by atoms with Crippen molar-refractivity contribution in [2.24, 2.45) is 0 Å². The summed E-state index contributed by atoms with van der Waals surface area (Å²) in [5, 5.41) is 8.44. The minimum atomic E-state index is -0.409. The van der Waals surface area contributed by atoms with E-state index in [0.29, 0.717) is 5.75 Å². The molecule has 3 rings (SSSR count). The summed E-state index contributed by atoms with van der Waals surface area (Å²) in [6.07, 6.45) is 0.843. The maximum Gasteiger partial charge on any atom is 0.272 e. The standard InChI is InChI=1S/C19H19N3O4/c1-19(2)12-13-6-5-7-15(17(13)26-19)25-11-4-3-10-20-18(24)14-8-9-16(23)22-21-14/h5-9H,10-12H2,1-2H3,(H,20,24)(H,22,23). The fourth-order valence-electron chi connectivity index (χ4n) is 2.61. The number of hydrogen-bond donors (Lipinski definition) is 2. The van der Waals surface area contributed by atoms with Crippen molar-refractivity contribution in [3.8, 4) is 23.3 Å². The molecule has 1 amide bonds. The van der Waals surface area contributed by atoms with Crippen LogP contribution in [0.25, 0.3) is 0 Å². The van der Waals surface area contributed by atoms with E-state index in [9.17, 15) is 9.59 Å². The number of carbonyl (C=O) groups excluding carboxylic acids is 1. The number of fused-ring (bicyclic) bond motifs is 1. The molecule has 1 aromatic carbocycles. The molecule has 134 valence electrons. The molecule has 0 saturated carbocycles. The van der Waals surface area contributed by atoms with Crippen LogP contribution in [0, 0.1) is 11.8 Å². The van der Waals surface area contributed by atoms with Gasteiger partial charge in [-0.15, -0.1) is 0 Å². The van der Waals surface area contributed by atoms with E-state index in [-0.39, 0.29) is 30.0 Å². The van der Waals surface area contributed by atoms with Crippen molar-refractivity contribution in [2.45, 2.75) is 25.9 Å². The van der Waals surface area contributed by atoms with Crippen LogP contribution < -0.4 is 20.3 Å². The van der Waals surface area contributed by atoms with Gasteiger partial charge in [0.2, 0.25) is 0 Å². The topological polar surface area (TPSA) is 93.3 Å². The van der Waals surface area contributed by atoms with E-state index in [2.05, 4.69) is 27.4 Å². The van der Waals surface area contributed by atoms with Gasteiger partial charge in [-0.25, -0.2) is 5.10 Å². The zero-order valence-electron chi connectivity index (χ0n) is 14.6. The Hall–Kier alpha value is -3.27. The van der Waals surface area contributed by atoms with Gasteiger partial charge in [0.1, 0.15) is 17.9 Å². The van der Waals surface area contributed by atoms with Crippen LogP contribution in [0.15, 0.2) is 35.1 Å². The third kappa shape index (κ3) is 4.22. The number of aromatic amines is 1. The molecule has 0 atom stereocenters. The number of ether oxygens (including phenoxy) is 2. The maximum atomic E-state index is 11.8. The van der Waals surface area contributed by atoms with Crippen molar-refractivity contribution in [3.63, 3.8) is 0 Å². The number of nitrogens with one attached hydrogen (secondary N) is 2. The largest absolute Gasteiger partial charge is 0.483 e. The first kappa shape index (κ1) is 17.5. The zero-order chi connectivity index (χ0) is 18.6. The van der Waals surface area contributed by atoms with Gasteiger partial charge < -0.3 is 14.8 Å². The summed E-state index contributed by atoms with van der Waals surface area (Å²) in [7, 11) is 0. The Balaban J connectivity index is 1.48. The average molecular weight is 353 g/mol. The molecule has 7 nitrogen and oxygen atoms in total. The molecular weight excluding hydrogens is 334 g/mol. The number of hydrogen-bond acceptors (Lipinski definition) is 5. The van der Waals surface area contributed by atoms with Gasteiger partial charge in [0.05, 0.1) is 6.54 Å². The van der Waals surface area contributed by atoms with E-state index in [1.54, 1.807) is 0 Å². The van der Waals surface area contributed by atoms with Crippen molar-refractivity contribution in [1.82, 2.24) is 15.5 Å². The van der Waals surface area contributed by atoms with Gasteiger partial charge in [0.25, 0.3) is 11.5 Å². The van der Waals surface area contributed by atoms with E-state index >= 15 is 0 Å². The minimum Gasteiger partial charge on any atom is -0.483 e. The molecule has 0 radical (unpaired) electrons. The number of nitrogens with zero attached hydrogens (tertiary/aromatic N) is 1. The lowest BCUT2D eigenvalue weighted by Crippen LogP contribution is -2.26. The molecule has 26 heavy (non-hydrogen) atoms. The predicted octanol–water partition coefficient (Wildman–Crippen LogP) is 1.30. The fourth-order valence-corrected chi connectivity index (χ4v) is 2.61. The molecule has 1 aromatic heterocycles. The predicted molar refractivity (Wildman–Crippen MR) is 95.3 cm³/mol. The Kier molecular flexibility index (Phi) is 4.94. The Bertz CT molecular complexity index is 917. The van der Waals surface area contributed by atoms with Crippen LogP contribution >= 0.6 is 0 Å². The van der Waals surface area contributed by atoms with E-state index in [4.69, 9.17) is 9.47 Å². The number of aromatic nitrogens is 2. The van der Waals surface area contributed by atoms with Crippen LogP contribution in [0.4, 0.5) is 0 Å². The van der Waals surface area contributed by atoms with E-state index < -0.39 is 5.91 Å². The number of benzene rings is 1. The molecule has 1 aliphatic rings. The van der Waals surface area contributed by atoms with Crippen molar-refractivity contribution in [2.75, 3.05) is 13.2 Å². The van der Waals surface area contributed by atoms with Gasteiger partial charge in [0, 0.05) is 18.1 Å². The third-order valence-corrected chi connectivity index (χ3v) is 3.73. The molecule has 0 unspecified atom stereocenters. The SMILES string of the molecule is CC1(C)Cc2cccc(OCC#CCNC(=O)c3ccc(=O)[nH]n3)c2O1.